The van der Waals surface area contributed by atoms with Crippen LogP contribution in [-0.2, 0) is 14.4 Å². The van der Waals surface area contributed by atoms with Crippen molar-refractivity contribution in [2.45, 2.75) is 52.0 Å². The zero-order valence-electron chi connectivity index (χ0n) is 15.4. The van der Waals surface area contributed by atoms with Gasteiger partial charge in [-0.2, -0.15) is 0 Å². The van der Waals surface area contributed by atoms with E-state index in [1.165, 1.54) is 0 Å². The van der Waals surface area contributed by atoms with E-state index in [9.17, 15) is 19.2 Å². The molecule has 0 radical (unpaired) electrons. The van der Waals surface area contributed by atoms with E-state index in [0.29, 0.717) is 24.7 Å². The van der Waals surface area contributed by atoms with Gasteiger partial charge >= 0.3 is 6.03 Å². The molecule has 2 aliphatic carbocycles. The Morgan fingerprint density at radius 3 is 2.31 bits per heavy atom. The molecule has 0 aromatic rings. The fourth-order valence-electron chi connectivity index (χ4n) is 4.32. The van der Waals surface area contributed by atoms with E-state index in [1.807, 2.05) is 12.2 Å². The van der Waals surface area contributed by atoms with Crippen LogP contribution in [0, 0.1) is 23.7 Å². The monoisotopic (exact) mass is 361 g/mol. The van der Waals surface area contributed by atoms with Crippen LogP contribution in [0.4, 0.5) is 4.79 Å². The fourth-order valence-corrected chi connectivity index (χ4v) is 4.32. The summed E-state index contributed by atoms with van der Waals surface area (Å²) in [7, 11) is 0. The predicted octanol–water partition coefficient (Wildman–Crippen LogP) is 1.59. The maximum Gasteiger partial charge on any atom is 0.321 e. The largest absolute Gasteiger partial charge is 0.335 e. The van der Waals surface area contributed by atoms with Crippen LogP contribution in [-0.4, -0.2) is 41.2 Å². The van der Waals surface area contributed by atoms with Crippen LogP contribution in [0.25, 0.3) is 0 Å². The summed E-state index contributed by atoms with van der Waals surface area (Å²) in [6.07, 6.45) is 7.96. The van der Waals surface area contributed by atoms with Gasteiger partial charge in [0.15, 0.2) is 0 Å². The summed E-state index contributed by atoms with van der Waals surface area (Å²) in [5.74, 6) is -1.10. The van der Waals surface area contributed by atoms with Crippen molar-refractivity contribution in [1.29, 1.82) is 0 Å². The van der Waals surface area contributed by atoms with Crippen molar-refractivity contribution in [3.63, 3.8) is 0 Å². The molecule has 5 atom stereocenters. The summed E-state index contributed by atoms with van der Waals surface area (Å²) in [5, 5.41) is 5.12. The number of hydrogen-bond acceptors (Lipinski definition) is 4. The lowest BCUT2D eigenvalue weighted by Gasteiger charge is -2.34. The van der Waals surface area contributed by atoms with Crippen LogP contribution in [0.3, 0.4) is 0 Å². The van der Waals surface area contributed by atoms with E-state index >= 15 is 0 Å². The maximum absolute atomic E-state index is 12.4. The second-order valence-corrected chi connectivity index (χ2v) is 7.81. The van der Waals surface area contributed by atoms with E-state index in [1.54, 1.807) is 0 Å². The molecule has 0 spiro atoms. The third-order valence-electron chi connectivity index (χ3n) is 6.18. The molecule has 0 bridgehead atoms. The topological polar surface area (TPSA) is 95.6 Å². The zero-order valence-corrected chi connectivity index (χ0v) is 15.4. The van der Waals surface area contributed by atoms with Crippen molar-refractivity contribution in [2.75, 3.05) is 6.54 Å². The first-order valence-electron chi connectivity index (χ1n) is 9.49. The van der Waals surface area contributed by atoms with Gasteiger partial charge in [-0.25, -0.2) is 4.79 Å². The molecule has 26 heavy (non-hydrogen) atoms. The Kier molecular flexibility index (Phi) is 5.44. The van der Waals surface area contributed by atoms with Gasteiger partial charge in [-0.15, -0.1) is 0 Å². The first-order chi connectivity index (χ1) is 12.4. The molecule has 0 aromatic heterocycles. The normalized spacial score (nSPS) is 33.8. The van der Waals surface area contributed by atoms with Gasteiger partial charge in [-0.1, -0.05) is 38.8 Å². The minimum absolute atomic E-state index is 0.0375. The highest BCUT2D eigenvalue weighted by molar-refractivity contribution is 6.08. The number of rotatable bonds is 3. The van der Waals surface area contributed by atoms with Crippen LogP contribution in [0.15, 0.2) is 12.2 Å². The second-order valence-electron chi connectivity index (χ2n) is 7.81. The summed E-state index contributed by atoms with van der Waals surface area (Å²) in [5.41, 5.74) is 0. The number of carbonyl (C=O) groups excluding carboxylic acids is 4. The Labute approximate surface area is 153 Å². The highest BCUT2D eigenvalue weighted by Crippen LogP contribution is 2.34. The van der Waals surface area contributed by atoms with Crippen molar-refractivity contribution >= 4 is 23.8 Å². The molecular formula is C19H27N3O4. The van der Waals surface area contributed by atoms with Gasteiger partial charge in [0.25, 0.3) is 0 Å². The highest BCUT2D eigenvalue weighted by Gasteiger charge is 2.47. The summed E-state index contributed by atoms with van der Waals surface area (Å²) < 4.78 is 0. The molecule has 1 saturated heterocycles. The Hall–Kier alpha value is -2.18. The molecule has 1 aliphatic heterocycles. The standard InChI is InChI=1S/C19H27N3O4/c1-11-6-5-9-15(12(11)2)20-19(26)21-16(23)10-22-17(24)13-7-3-4-8-14(13)18(22)25/h3-4,11-15H,5-10H2,1-2H3,(H2,20,21,23,26)/t11-,12+,13-,14+,15+/m0/s1. The molecule has 3 aliphatic rings. The van der Waals surface area contributed by atoms with Crippen molar-refractivity contribution in [2.24, 2.45) is 23.7 Å². The number of fused-ring (bicyclic) bond motifs is 1. The first kappa shape index (κ1) is 18.6. The molecule has 0 aromatic carbocycles. The van der Waals surface area contributed by atoms with Crippen molar-refractivity contribution in [3.05, 3.63) is 12.2 Å². The average molecular weight is 361 g/mol. The summed E-state index contributed by atoms with van der Waals surface area (Å²) in [6.45, 7) is 3.88. The zero-order chi connectivity index (χ0) is 18.8. The lowest BCUT2D eigenvalue weighted by molar-refractivity contribution is -0.143. The van der Waals surface area contributed by atoms with Gasteiger partial charge in [-0.3, -0.25) is 24.6 Å². The number of amides is 5. The number of urea groups is 1. The van der Waals surface area contributed by atoms with Crippen LogP contribution in [0.2, 0.25) is 0 Å². The van der Waals surface area contributed by atoms with Crippen LogP contribution in [0.1, 0.15) is 46.0 Å². The van der Waals surface area contributed by atoms with Crippen molar-refractivity contribution in [1.82, 2.24) is 15.5 Å². The Bertz CT molecular complexity index is 619. The summed E-state index contributed by atoms with van der Waals surface area (Å²) >= 11 is 0. The van der Waals surface area contributed by atoms with Crippen LogP contribution in [0.5, 0.6) is 0 Å². The smallest absolute Gasteiger partial charge is 0.321 e. The SMILES string of the molecule is C[C@@H]1[C@@H](C)CCC[C@H]1NC(=O)NC(=O)CN1C(=O)[C@H]2CC=CC[C@H]2C1=O. The highest BCUT2D eigenvalue weighted by atomic mass is 16.2. The van der Waals surface area contributed by atoms with Gasteiger partial charge in [-0.05, 0) is 31.1 Å². The molecule has 2 fully saturated rings. The maximum atomic E-state index is 12.4. The Balaban J connectivity index is 1.51. The molecule has 5 amide bonds. The van der Waals surface area contributed by atoms with Crippen molar-refractivity contribution in [3.8, 4) is 0 Å². The molecule has 0 unspecified atom stereocenters. The van der Waals surface area contributed by atoms with Crippen molar-refractivity contribution < 1.29 is 19.2 Å². The molecule has 3 rings (SSSR count). The van der Waals surface area contributed by atoms with Gasteiger partial charge in [0.05, 0.1) is 11.8 Å². The number of allylic oxidation sites excluding steroid dienone is 2. The number of nitrogens with one attached hydrogen (secondary N) is 2. The molecular weight excluding hydrogens is 334 g/mol. The average Bonchev–Trinajstić information content (AvgIpc) is 2.84. The molecule has 1 heterocycles. The summed E-state index contributed by atoms with van der Waals surface area (Å²) in [6, 6.07) is -0.519. The minimum Gasteiger partial charge on any atom is -0.335 e. The lowest BCUT2D eigenvalue weighted by Crippen LogP contribution is -2.51. The minimum atomic E-state index is -0.632. The van der Waals surface area contributed by atoms with Crippen LogP contribution < -0.4 is 10.6 Å². The van der Waals surface area contributed by atoms with Gasteiger partial charge in [0.1, 0.15) is 6.54 Å². The molecule has 1 saturated carbocycles. The van der Waals surface area contributed by atoms with E-state index in [-0.39, 0.29) is 29.7 Å². The third-order valence-corrected chi connectivity index (χ3v) is 6.18. The van der Waals surface area contributed by atoms with E-state index in [0.717, 1.165) is 24.2 Å². The number of likely N-dealkylation sites (tertiary alicyclic amines) is 1. The number of carbonyl (C=O) groups is 4. The lowest BCUT2D eigenvalue weighted by atomic mass is 9.78. The molecule has 2 N–H and O–H groups in total. The number of imide groups is 2. The molecule has 7 nitrogen and oxygen atoms in total. The third kappa shape index (κ3) is 3.66. The quantitative estimate of drug-likeness (QED) is 0.589. The second kappa shape index (κ2) is 7.60. The fraction of sp³-hybridized carbons (Fsp3) is 0.684. The molecule has 142 valence electrons. The van der Waals surface area contributed by atoms with E-state index < -0.39 is 18.5 Å². The van der Waals surface area contributed by atoms with Gasteiger partial charge in [0.2, 0.25) is 17.7 Å². The number of hydrogen-bond donors (Lipinski definition) is 2. The van der Waals surface area contributed by atoms with Gasteiger partial charge < -0.3 is 5.32 Å². The predicted molar refractivity (Wildman–Crippen MR) is 94.7 cm³/mol. The summed E-state index contributed by atoms with van der Waals surface area (Å²) in [4.78, 5) is 50.0. The Morgan fingerprint density at radius 1 is 1.08 bits per heavy atom. The van der Waals surface area contributed by atoms with E-state index in [2.05, 4.69) is 24.5 Å². The molecule has 7 heteroatoms. The Morgan fingerprint density at radius 2 is 1.69 bits per heavy atom. The number of nitrogens with zero attached hydrogens (tertiary/aromatic N) is 1. The first-order valence-corrected chi connectivity index (χ1v) is 9.49. The van der Waals surface area contributed by atoms with Gasteiger partial charge in [0, 0.05) is 6.04 Å². The van der Waals surface area contributed by atoms with E-state index in [4.69, 9.17) is 0 Å². The van der Waals surface area contributed by atoms with Crippen LogP contribution >= 0.6 is 0 Å².